The third-order valence-electron chi connectivity index (χ3n) is 13.6. The number of carboxylic acids is 1. The van der Waals surface area contributed by atoms with Crippen molar-refractivity contribution in [2.45, 2.75) is 283 Å². The van der Waals surface area contributed by atoms with Gasteiger partial charge in [0.15, 0.2) is 6.10 Å². The van der Waals surface area contributed by atoms with Crippen molar-refractivity contribution < 1.29 is 42.9 Å². The number of esters is 2. The van der Waals surface area contributed by atoms with Gasteiger partial charge in [0.05, 0.1) is 34.4 Å². The molecule has 0 aliphatic rings. The smallest absolute Gasteiger partial charge is 0.361 e. The maximum absolute atomic E-state index is 12.9. The third-order valence-corrected chi connectivity index (χ3v) is 13.6. The highest BCUT2D eigenvalue weighted by Gasteiger charge is 2.25. The molecular formula is C68H120NO8+. The highest BCUT2D eigenvalue weighted by Crippen LogP contribution is 2.17. The number of rotatable bonds is 58. The van der Waals surface area contributed by atoms with Gasteiger partial charge in [-0.2, -0.15) is 0 Å². The number of carbonyl (C=O) groups is 3. The lowest BCUT2D eigenvalue weighted by molar-refractivity contribution is -0.870. The fraction of sp³-hybridized carbons (Fsp3) is 0.750. The summed E-state index contributed by atoms with van der Waals surface area (Å²) in [6.45, 7) is 4.76. The molecule has 0 aliphatic heterocycles. The van der Waals surface area contributed by atoms with Crippen molar-refractivity contribution in [2.24, 2.45) is 0 Å². The number of unbranched alkanes of at least 4 members (excludes halogenated alkanes) is 29. The van der Waals surface area contributed by atoms with Crippen molar-refractivity contribution in [3.8, 4) is 0 Å². The fourth-order valence-electron chi connectivity index (χ4n) is 8.78. The van der Waals surface area contributed by atoms with E-state index in [2.05, 4.69) is 98.9 Å². The van der Waals surface area contributed by atoms with E-state index in [1.165, 1.54) is 154 Å². The van der Waals surface area contributed by atoms with Crippen molar-refractivity contribution in [3.63, 3.8) is 0 Å². The summed E-state index contributed by atoms with van der Waals surface area (Å²) in [6.07, 6.45) is 75.3. The number of ether oxygens (including phenoxy) is 4. The molecule has 2 atom stereocenters. The topological polar surface area (TPSA) is 108 Å². The Morgan fingerprint density at radius 2 is 0.740 bits per heavy atom. The molecule has 0 aromatic heterocycles. The van der Waals surface area contributed by atoms with Gasteiger partial charge in [-0.15, -0.1) is 0 Å². The SMILES string of the molecule is CC/C=C\C/C=C\C/C=C\C/C=C\CCCCCCCCCCCCCCCCCCCCC(=O)OC(COC(=O)CCCCCCCC/C=C\C/C=C\C/C=C\CCCCCCC)COC(OCC[N+](C)(C)C)C(=O)O. The van der Waals surface area contributed by atoms with E-state index in [0.717, 1.165) is 89.9 Å². The van der Waals surface area contributed by atoms with Gasteiger partial charge in [-0.1, -0.05) is 253 Å². The van der Waals surface area contributed by atoms with E-state index in [9.17, 15) is 19.5 Å². The monoisotopic (exact) mass is 1080 g/mol. The molecule has 77 heavy (non-hydrogen) atoms. The van der Waals surface area contributed by atoms with E-state index >= 15 is 0 Å². The predicted molar refractivity (Wildman–Crippen MR) is 327 cm³/mol. The van der Waals surface area contributed by atoms with E-state index in [-0.39, 0.29) is 38.6 Å². The highest BCUT2D eigenvalue weighted by atomic mass is 16.7. The van der Waals surface area contributed by atoms with Gasteiger partial charge < -0.3 is 28.5 Å². The molecule has 0 saturated carbocycles. The standard InChI is InChI=1S/C68H119NO8/c1-6-8-10-12-14-16-18-20-22-24-26-28-29-30-31-32-33-34-35-36-37-39-41-43-45-47-49-51-53-55-57-59-66(71)77-64(63-76-68(67(72)73)74-61-60-69(3,4)5)62-75-65(70)58-56-54-52-50-48-46-44-42-40-38-27-25-23-21-19-17-15-13-11-9-7-2/h8,10,14,16,19-22,25-28,40,42,64,68H,6-7,9,11-13,15,17-18,23-24,29-39,41,43-63H2,1-5H3/p+1/b10-8-,16-14-,21-19-,22-20-,27-25-,28-26-,42-40-. The Hall–Kier alpha value is -3.53. The van der Waals surface area contributed by atoms with Gasteiger partial charge in [0.2, 0.25) is 0 Å². The lowest BCUT2D eigenvalue weighted by atomic mass is 10.0. The summed E-state index contributed by atoms with van der Waals surface area (Å²) in [6, 6.07) is 0. The van der Waals surface area contributed by atoms with Gasteiger partial charge in [0.1, 0.15) is 13.2 Å². The van der Waals surface area contributed by atoms with Gasteiger partial charge in [-0.25, -0.2) is 4.79 Å². The van der Waals surface area contributed by atoms with Crippen LogP contribution in [0.2, 0.25) is 0 Å². The van der Waals surface area contributed by atoms with E-state index in [0.29, 0.717) is 11.0 Å². The van der Waals surface area contributed by atoms with Crippen LogP contribution in [-0.4, -0.2) is 87.4 Å². The largest absolute Gasteiger partial charge is 0.477 e. The molecule has 0 heterocycles. The first-order valence-electron chi connectivity index (χ1n) is 31.8. The number of aliphatic carboxylic acids is 1. The van der Waals surface area contributed by atoms with Crippen LogP contribution in [0.15, 0.2) is 85.1 Å². The van der Waals surface area contributed by atoms with Crippen molar-refractivity contribution in [2.75, 3.05) is 47.5 Å². The summed E-state index contributed by atoms with van der Waals surface area (Å²) >= 11 is 0. The van der Waals surface area contributed by atoms with E-state index in [1.807, 2.05) is 21.1 Å². The lowest BCUT2D eigenvalue weighted by Crippen LogP contribution is -2.40. The Balaban J connectivity index is 4.17. The first-order valence-corrected chi connectivity index (χ1v) is 31.8. The maximum Gasteiger partial charge on any atom is 0.361 e. The number of carboxylic acid groups (broad SMARTS) is 1. The number of hydrogen-bond donors (Lipinski definition) is 1. The minimum atomic E-state index is -1.52. The minimum absolute atomic E-state index is 0.183. The first kappa shape index (κ1) is 73.5. The second-order valence-corrected chi connectivity index (χ2v) is 22.3. The Morgan fingerprint density at radius 3 is 1.10 bits per heavy atom. The average Bonchev–Trinajstić information content (AvgIpc) is 3.40. The molecule has 0 rings (SSSR count). The van der Waals surface area contributed by atoms with Crippen LogP contribution in [0.1, 0.15) is 271 Å². The van der Waals surface area contributed by atoms with Crippen LogP contribution < -0.4 is 0 Å². The van der Waals surface area contributed by atoms with Crippen LogP contribution in [0.25, 0.3) is 0 Å². The highest BCUT2D eigenvalue weighted by molar-refractivity contribution is 5.71. The molecule has 0 aromatic carbocycles. The second-order valence-electron chi connectivity index (χ2n) is 22.3. The number of likely N-dealkylation sites (N-methyl/N-ethyl adjacent to an activating group) is 1. The Morgan fingerprint density at radius 1 is 0.403 bits per heavy atom. The van der Waals surface area contributed by atoms with Crippen LogP contribution >= 0.6 is 0 Å². The molecule has 0 aliphatic carbocycles. The van der Waals surface area contributed by atoms with Crippen LogP contribution in [0.3, 0.4) is 0 Å². The van der Waals surface area contributed by atoms with Gasteiger partial charge in [0.25, 0.3) is 6.29 Å². The normalized spacial score (nSPS) is 13.3. The zero-order valence-electron chi connectivity index (χ0n) is 50.6. The number of quaternary nitrogens is 1. The lowest BCUT2D eigenvalue weighted by Gasteiger charge is -2.25. The second kappa shape index (κ2) is 58.6. The summed E-state index contributed by atoms with van der Waals surface area (Å²) in [5.41, 5.74) is 0. The van der Waals surface area contributed by atoms with Crippen LogP contribution in [0.5, 0.6) is 0 Å². The molecule has 1 N–H and O–H groups in total. The molecule has 0 spiro atoms. The van der Waals surface area contributed by atoms with E-state index in [1.54, 1.807) is 0 Å². The van der Waals surface area contributed by atoms with Crippen molar-refractivity contribution >= 4 is 17.9 Å². The zero-order chi connectivity index (χ0) is 56.2. The Labute approximate surface area is 474 Å². The molecule has 0 bridgehead atoms. The van der Waals surface area contributed by atoms with Crippen LogP contribution in [0, 0.1) is 0 Å². The van der Waals surface area contributed by atoms with Gasteiger partial charge in [0, 0.05) is 12.8 Å². The van der Waals surface area contributed by atoms with Crippen LogP contribution in [-0.2, 0) is 33.3 Å². The Bertz CT molecular complexity index is 1540. The van der Waals surface area contributed by atoms with Crippen molar-refractivity contribution in [1.82, 2.24) is 0 Å². The van der Waals surface area contributed by atoms with E-state index in [4.69, 9.17) is 18.9 Å². The quantitative estimate of drug-likeness (QED) is 0.0211. The molecule has 0 saturated heterocycles. The molecule has 0 aromatic rings. The molecule has 0 radical (unpaired) electrons. The number of hydrogen-bond acceptors (Lipinski definition) is 7. The summed E-state index contributed by atoms with van der Waals surface area (Å²) in [5, 5.41) is 9.72. The number of nitrogens with zero attached hydrogens (tertiary/aromatic N) is 1. The van der Waals surface area contributed by atoms with Gasteiger partial charge in [-0.3, -0.25) is 9.59 Å². The summed E-state index contributed by atoms with van der Waals surface area (Å²) in [5.74, 6) is -2.02. The molecule has 444 valence electrons. The third kappa shape index (κ3) is 60.0. The van der Waals surface area contributed by atoms with Crippen LogP contribution in [0.4, 0.5) is 0 Å². The predicted octanol–water partition coefficient (Wildman–Crippen LogP) is 19.1. The Kier molecular flexibility index (Phi) is 55.9. The van der Waals surface area contributed by atoms with E-state index < -0.39 is 24.3 Å². The average molecular weight is 1080 g/mol. The van der Waals surface area contributed by atoms with Crippen molar-refractivity contribution in [1.29, 1.82) is 0 Å². The molecule has 9 nitrogen and oxygen atoms in total. The molecule has 9 heteroatoms. The minimum Gasteiger partial charge on any atom is -0.477 e. The maximum atomic E-state index is 12.9. The molecule has 2 unspecified atom stereocenters. The van der Waals surface area contributed by atoms with Gasteiger partial charge in [-0.05, 0) is 89.9 Å². The number of allylic oxidation sites excluding steroid dienone is 14. The summed E-state index contributed by atoms with van der Waals surface area (Å²) < 4.78 is 22.9. The number of carbonyl (C=O) groups excluding carboxylic acids is 2. The van der Waals surface area contributed by atoms with Gasteiger partial charge >= 0.3 is 17.9 Å². The molecule has 0 amide bonds. The zero-order valence-corrected chi connectivity index (χ0v) is 50.6. The molecule has 0 fully saturated rings. The fourth-order valence-corrected chi connectivity index (χ4v) is 8.78. The summed E-state index contributed by atoms with van der Waals surface area (Å²) in [4.78, 5) is 37.5. The molecular weight excluding hydrogens is 959 g/mol. The summed E-state index contributed by atoms with van der Waals surface area (Å²) in [7, 11) is 5.97. The first-order chi connectivity index (χ1) is 37.6. The van der Waals surface area contributed by atoms with Crippen molar-refractivity contribution in [3.05, 3.63) is 85.1 Å².